The van der Waals surface area contributed by atoms with E-state index in [1.165, 1.54) is 22.7 Å². The van der Waals surface area contributed by atoms with Crippen molar-refractivity contribution < 1.29 is 23.0 Å². The highest BCUT2D eigenvalue weighted by atomic mass is 79.9. The number of carbonyl (C=O) groups is 1. The number of carbonyl (C=O) groups excluding carboxylic acids is 1. The number of amidine groups is 1. The molecule has 14 heteroatoms. The van der Waals surface area contributed by atoms with E-state index in [0.29, 0.717) is 24.0 Å². The first-order valence-electron chi connectivity index (χ1n) is 14.6. The minimum atomic E-state index is -1.71. The molecule has 2 aliphatic rings. The van der Waals surface area contributed by atoms with Gasteiger partial charge in [-0.1, -0.05) is 72.2 Å². The lowest BCUT2D eigenvalue weighted by atomic mass is 9.85. The number of ether oxygens (including phenoxy) is 2. The Labute approximate surface area is 268 Å². The average molecular weight is 717 g/mol. The Kier molecular flexibility index (Phi) is 9.79. The second kappa shape index (κ2) is 12.3. The standard InChI is InChI=1S/C29H44BrF2N5O3SSi2/c1-27(2,3)40-26(38)37(19-39-12-13-42(4,5)6)25-33-29(17-31,21-14-20(30)10-11-22(21)32)23-15-28(23,41-25)18-36-16-24(34-35-36)43(7,8)9/h10-11,14,16,23H,12-13,15,17-19H2,1-9H3/t23-,28-,29-/m1/s1. The Hall–Kier alpha value is -1.62. The minimum Gasteiger partial charge on any atom is -0.443 e. The number of aromatic nitrogens is 3. The van der Waals surface area contributed by atoms with Crippen LogP contribution in [0.1, 0.15) is 32.8 Å². The van der Waals surface area contributed by atoms with Crippen LogP contribution in [-0.2, 0) is 21.6 Å². The maximum atomic E-state index is 15.5. The van der Waals surface area contributed by atoms with Gasteiger partial charge >= 0.3 is 6.09 Å². The minimum absolute atomic E-state index is 0.113. The van der Waals surface area contributed by atoms with E-state index in [2.05, 4.69) is 65.5 Å². The Balaban J connectivity index is 1.78. The summed E-state index contributed by atoms with van der Waals surface area (Å²) >= 11 is 4.83. The van der Waals surface area contributed by atoms with Crippen molar-refractivity contribution >= 4 is 60.4 Å². The largest absolute Gasteiger partial charge is 0.443 e. The van der Waals surface area contributed by atoms with Crippen LogP contribution in [0.4, 0.5) is 13.6 Å². The van der Waals surface area contributed by atoms with Gasteiger partial charge in [-0.25, -0.2) is 23.5 Å². The second-order valence-electron chi connectivity index (χ2n) is 14.8. The van der Waals surface area contributed by atoms with Gasteiger partial charge in [-0.3, -0.25) is 4.68 Å². The van der Waals surface area contributed by atoms with E-state index in [0.717, 1.165) is 11.4 Å². The molecule has 0 saturated heterocycles. The van der Waals surface area contributed by atoms with Gasteiger partial charge in [-0.05, 0) is 51.4 Å². The van der Waals surface area contributed by atoms with E-state index in [1.54, 1.807) is 37.6 Å². The first-order valence-corrected chi connectivity index (χ1v) is 23.4. The van der Waals surface area contributed by atoms with Gasteiger partial charge in [0.25, 0.3) is 0 Å². The number of fused-ring (bicyclic) bond motifs is 1. The Morgan fingerprint density at radius 3 is 2.51 bits per heavy atom. The molecule has 3 atom stereocenters. The molecule has 43 heavy (non-hydrogen) atoms. The predicted octanol–water partition coefficient (Wildman–Crippen LogP) is 7.00. The van der Waals surface area contributed by atoms with Crippen molar-refractivity contribution in [1.82, 2.24) is 19.9 Å². The van der Waals surface area contributed by atoms with Crippen molar-refractivity contribution in [3.8, 4) is 0 Å². The maximum absolute atomic E-state index is 15.5. The summed E-state index contributed by atoms with van der Waals surface area (Å²) in [5.41, 5.74) is -2.18. The zero-order chi connectivity index (χ0) is 32.0. The van der Waals surface area contributed by atoms with Crippen LogP contribution in [0.25, 0.3) is 0 Å². The molecule has 1 amide bonds. The first-order chi connectivity index (χ1) is 19.8. The smallest absolute Gasteiger partial charge is 0.418 e. The van der Waals surface area contributed by atoms with E-state index in [4.69, 9.17) is 14.5 Å². The Morgan fingerprint density at radius 1 is 1.23 bits per heavy atom. The molecule has 2 heterocycles. The molecular weight excluding hydrogens is 672 g/mol. The highest BCUT2D eigenvalue weighted by Crippen LogP contribution is 2.67. The van der Waals surface area contributed by atoms with Gasteiger partial charge in [-0.15, -0.1) is 5.10 Å². The van der Waals surface area contributed by atoms with Crippen LogP contribution in [0.3, 0.4) is 0 Å². The van der Waals surface area contributed by atoms with E-state index < -0.39 is 50.6 Å². The zero-order valence-corrected chi connectivity index (χ0v) is 31.0. The number of hydrogen-bond donors (Lipinski definition) is 0. The van der Waals surface area contributed by atoms with Gasteiger partial charge in [0.2, 0.25) is 0 Å². The topological polar surface area (TPSA) is 81.8 Å². The molecule has 4 rings (SSSR count). The lowest BCUT2D eigenvalue weighted by Crippen LogP contribution is -2.47. The molecule has 0 N–H and O–H groups in total. The molecule has 1 saturated carbocycles. The number of alkyl halides is 1. The summed E-state index contributed by atoms with van der Waals surface area (Å²) in [6.45, 7) is 18.5. The molecule has 238 valence electrons. The second-order valence-corrected chi connectivity index (χ2v) is 27.7. The van der Waals surface area contributed by atoms with Crippen LogP contribution in [0.15, 0.2) is 33.9 Å². The van der Waals surface area contributed by atoms with Crippen LogP contribution in [0.5, 0.6) is 0 Å². The van der Waals surface area contributed by atoms with Crippen LogP contribution in [0, 0.1) is 11.7 Å². The fourth-order valence-corrected chi connectivity index (χ4v) is 8.67. The van der Waals surface area contributed by atoms with E-state index >= 15 is 8.78 Å². The van der Waals surface area contributed by atoms with Crippen molar-refractivity contribution in [2.24, 2.45) is 10.9 Å². The normalized spacial score (nSPS) is 23.9. The third-order valence-electron chi connectivity index (χ3n) is 7.59. The lowest BCUT2D eigenvalue weighted by Gasteiger charge is -2.38. The van der Waals surface area contributed by atoms with Crippen molar-refractivity contribution in [2.75, 3.05) is 20.0 Å². The maximum Gasteiger partial charge on any atom is 0.418 e. The highest BCUT2D eigenvalue weighted by molar-refractivity contribution is 9.10. The summed E-state index contributed by atoms with van der Waals surface area (Å²) in [5.74, 6) is -0.885. The monoisotopic (exact) mass is 715 g/mol. The van der Waals surface area contributed by atoms with Crippen LogP contribution >= 0.6 is 27.7 Å². The van der Waals surface area contributed by atoms with Gasteiger partial charge in [0.15, 0.2) is 5.17 Å². The van der Waals surface area contributed by atoms with Gasteiger partial charge < -0.3 is 9.47 Å². The molecular formula is C29H44BrF2N5O3SSi2. The fraction of sp³-hybridized carbons (Fsp3) is 0.655. The molecule has 1 aromatic carbocycles. The number of hydrogen-bond acceptors (Lipinski definition) is 7. The summed E-state index contributed by atoms with van der Waals surface area (Å²) in [4.78, 5) is 19.9. The first kappa shape index (κ1) is 34.3. The van der Waals surface area contributed by atoms with Crippen LogP contribution in [-0.4, -0.2) is 77.7 Å². The number of nitrogens with zero attached hydrogens (tertiary/aromatic N) is 5. The van der Waals surface area contributed by atoms with Crippen molar-refractivity contribution in [3.05, 3.63) is 40.2 Å². The number of halogens is 3. The summed E-state index contributed by atoms with van der Waals surface area (Å²) < 4.78 is 44.7. The molecule has 0 radical (unpaired) electrons. The molecule has 1 fully saturated rings. The third-order valence-corrected chi connectivity index (χ3v) is 13.0. The number of aliphatic imine (C=N–C) groups is 1. The number of benzene rings is 1. The quantitative estimate of drug-likeness (QED) is 0.150. The molecule has 0 bridgehead atoms. The van der Waals surface area contributed by atoms with Gasteiger partial charge in [0.05, 0.1) is 11.9 Å². The lowest BCUT2D eigenvalue weighted by molar-refractivity contribution is 0.0109. The fourth-order valence-electron chi connectivity index (χ4n) is 5.08. The van der Waals surface area contributed by atoms with Crippen molar-refractivity contribution in [3.63, 3.8) is 0 Å². The SMILES string of the molecule is CC(C)(C)OC(=O)N(COCC[Si](C)(C)C)C1=N[C@](CF)(c2cc(Br)ccc2F)[C@@H]2C[C@]2(Cn2cc([Si](C)(C)C)nn2)S1. The average Bonchev–Trinajstić information content (AvgIpc) is 3.38. The predicted molar refractivity (Wildman–Crippen MR) is 178 cm³/mol. The van der Waals surface area contributed by atoms with E-state index in [1.807, 2.05) is 6.20 Å². The molecule has 1 aliphatic heterocycles. The molecule has 1 aliphatic carbocycles. The number of rotatable bonds is 10. The Bertz CT molecular complexity index is 1380. The molecule has 1 aromatic heterocycles. The van der Waals surface area contributed by atoms with Crippen LogP contribution < -0.4 is 5.32 Å². The van der Waals surface area contributed by atoms with Gasteiger partial charge in [0, 0.05) is 41.6 Å². The molecule has 8 nitrogen and oxygen atoms in total. The van der Waals surface area contributed by atoms with E-state index in [-0.39, 0.29) is 23.4 Å². The molecule has 2 aromatic rings. The van der Waals surface area contributed by atoms with Crippen molar-refractivity contribution in [2.45, 2.75) is 94.9 Å². The van der Waals surface area contributed by atoms with E-state index in [9.17, 15) is 4.79 Å². The van der Waals surface area contributed by atoms with Crippen LogP contribution in [0.2, 0.25) is 45.3 Å². The molecule has 0 unspecified atom stereocenters. The van der Waals surface area contributed by atoms with Gasteiger partial charge in [-0.2, -0.15) is 0 Å². The molecule has 0 spiro atoms. The number of amides is 1. The van der Waals surface area contributed by atoms with Crippen molar-refractivity contribution in [1.29, 1.82) is 0 Å². The summed E-state index contributed by atoms with van der Waals surface area (Å²) in [6.07, 6.45) is 1.87. The summed E-state index contributed by atoms with van der Waals surface area (Å²) in [5, 5.41) is 10.1. The Morgan fingerprint density at radius 2 is 1.93 bits per heavy atom. The highest BCUT2D eigenvalue weighted by Gasteiger charge is 2.69. The van der Waals surface area contributed by atoms with Gasteiger partial charge in [0.1, 0.15) is 38.4 Å². The zero-order valence-electron chi connectivity index (χ0n) is 26.6. The number of thioether (sulfide) groups is 1. The summed E-state index contributed by atoms with van der Waals surface area (Å²) in [6, 6.07) is 5.40. The summed E-state index contributed by atoms with van der Waals surface area (Å²) in [7, 11) is -3.11. The third kappa shape index (κ3) is 7.97.